The van der Waals surface area contributed by atoms with Crippen molar-refractivity contribution in [3.8, 4) is 6.07 Å². The lowest BCUT2D eigenvalue weighted by Gasteiger charge is -2.28. The highest BCUT2D eigenvalue weighted by atomic mass is 16.2. The Bertz CT molecular complexity index is 466. The van der Waals surface area contributed by atoms with Crippen LogP contribution in [0.2, 0.25) is 0 Å². The number of carbonyl (C=O) groups excluding carboxylic acids is 1. The number of carbonyl (C=O) groups is 1. The molecule has 2 rings (SSSR count). The minimum absolute atomic E-state index is 0.203. The summed E-state index contributed by atoms with van der Waals surface area (Å²) in [5.74, 6) is 0.327. The Kier molecular flexibility index (Phi) is 3.66. The van der Waals surface area contributed by atoms with Crippen LogP contribution in [-0.4, -0.2) is 15.7 Å². The first kappa shape index (κ1) is 12.6. The van der Waals surface area contributed by atoms with E-state index in [-0.39, 0.29) is 5.91 Å². The summed E-state index contributed by atoms with van der Waals surface area (Å²) in [4.78, 5) is 12.2. The van der Waals surface area contributed by atoms with Crippen molar-refractivity contribution in [1.29, 1.82) is 5.26 Å². The monoisotopic (exact) mass is 246 g/mol. The Balaban J connectivity index is 2.08. The number of nitrogens with one attached hydrogen (secondary N) is 1. The lowest BCUT2D eigenvalue weighted by atomic mass is 9.74. The second-order valence-corrected chi connectivity index (χ2v) is 4.77. The molecule has 0 saturated heterocycles. The van der Waals surface area contributed by atoms with Gasteiger partial charge in [0, 0.05) is 18.8 Å². The molecule has 1 aliphatic carbocycles. The molecule has 1 aromatic rings. The van der Waals surface area contributed by atoms with Crippen LogP contribution in [0.15, 0.2) is 12.3 Å². The van der Waals surface area contributed by atoms with Gasteiger partial charge in [-0.1, -0.05) is 19.3 Å². The van der Waals surface area contributed by atoms with Crippen molar-refractivity contribution in [2.45, 2.75) is 45.6 Å². The van der Waals surface area contributed by atoms with Gasteiger partial charge in [0.1, 0.15) is 5.41 Å². The summed E-state index contributed by atoms with van der Waals surface area (Å²) in [6.45, 7) is 2.75. The van der Waals surface area contributed by atoms with E-state index in [2.05, 4.69) is 16.5 Å². The van der Waals surface area contributed by atoms with Gasteiger partial charge in [-0.25, -0.2) is 0 Å². The van der Waals surface area contributed by atoms with Gasteiger partial charge in [-0.05, 0) is 19.8 Å². The number of rotatable bonds is 3. The summed E-state index contributed by atoms with van der Waals surface area (Å²) in [6.07, 6.45) is 6.14. The molecule has 1 aromatic heterocycles. The summed E-state index contributed by atoms with van der Waals surface area (Å²) < 4.78 is 1.75. The Morgan fingerprint density at radius 2 is 2.28 bits per heavy atom. The van der Waals surface area contributed by atoms with E-state index < -0.39 is 5.41 Å². The third-order valence-electron chi connectivity index (χ3n) is 3.56. The van der Waals surface area contributed by atoms with Gasteiger partial charge in [-0.3, -0.25) is 9.48 Å². The fourth-order valence-corrected chi connectivity index (χ4v) is 2.39. The summed E-state index contributed by atoms with van der Waals surface area (Å²) in [5, 5.41) is 16.3. The number of nitriles is 1. The summed E-state index contributed by atoms with van der Waals surface area (Å²) >= 11 is 0. The van der Waals surface area contributed by atoms with E-state index in [1.54, 1.807) is 10.7 Å². The molecule has 5 nitrogen and oxygen atoms in total. The molecule has 0 unspecified atom stereocenters. The van der Waals surface area contributed by atoms with E-state index in [0.29, 0.717) is 18.7 Å². The van der Waals surface area contributed by atoms with Crippen LogP contribution in [0.3, 0.4) is 0 Å². The molecule has 0 aliphatic heterocycles. The molecule has 0 aromatic carbocycles. The van der Waals surface area contributed by atoms with E-state index >= 15 is 0 Å². The zero-order valence-corrected chi connectivity index (χ0v) is 10.6. The van der Waals surface area contributed by atoms with Crippen LogP contribution in [0.4, 0.5) is 5.82 Å². The molecule has 96 valence electrons. The first-order valence-electron chi connectivity index (χ1n) is 6.46. The number of hydrogen-bond acceptors (Lipinski definition) is 3. The average molecular weight is 246 g/mol. The molecule has 0 radical (unpaired) electrons. The molecule has 18 heavy (non-hydrogen) atoms. The number of amides is 1. The van der Waals surface area contributed by atoms with Crippen molar-refractivity contribution in [2.75, 3.05) is 5.32 Å². The molecule has 0 atom stereocenters. The van der Waals surface area contributed by atoms with Gasteiger partial charge in [0.15, 0.2) is 5.82 Å². The molecule has 1 amide bonds. The fourth-order valence-electron chi connectivity index (χ4n) is 2.39. The lowest BCUT2D eigenvalue weighted by molar-refractivity contribution is -0.124. The number of nitrogens with zero attached hydrogens (tertiary/aromatic N) is 3. The molecule has 1 fully saturated rings. The van der Waals surface area contributed by atoms with Crippen LogP contribution in [-0.2, 0) is 11.3 Å². The number of hydrogen-bond donors (Lipinski definition) is 1. The highest BCUT2D eigenvalue weighted by molar-refractivity contribution is 5.96. The smallest absolute Gasteiger partial charge is 0.246 e. The minimum atomic E-state index is -0.853. The van der Waals surface area contributed by atoms with Crippen molar-refractivity contribution in [1.82, 2.24) is 9.78 Å². The molecule has 1 saturated carbocycles. The van der Waals surface area contributed by atoms with Gasteiger partial charge in [0.25, 0.3) is 0 Å². The van der Waals surface area contributed by atoms with Gasteiger partial charge in [-0.15, -0.1) is 0 Å². The van der Waals surface area contributed by atoms with Gasteiger partial charge in [0.05, 0.1) is 6.07 Å². The predicted molar refractivity (Wildman–Crippen MR) is 67.7 cm³/mol. The topological polar surface area (TPSA) is 70.7 Å². The zero-order valence-electron chi connectivity index (χ0n) is 10.6. The normalized spacial score (nSPS) is 18.0. The van der Waals surface area contributed by atoms with E-state index in [1.165, 1.54) is 0 Å². The van der Waals surface area contributed by atoms with Crippen LogP contribution < -0.4 is 5.32 Å². The number of anilines is 1. The zero-order chi connectivity index (χ0) is 13.0. The second kappa shape index (κ2) is 5.21. The van der Waals surface area contributed by atoms with Gasteiger partial charge in [0.2, 0.25) is 5.91 Å². The third kappa shape index (κ3) is 2.37. The van der Waals surface area contributed by atoms with E-state index in [4.69, 9.17) is 0 Å². The second-order valence-electron chi connectivity index (χ2n) is 4.77. The summed E-state index contributed by atoms with van der Waals surface area (Å²) in [7, 11) is 0. The Morgan fingerprint density at radius 1 is 1.56 bits per heavy atom. The SMILES string of the molecule is CCn1ccc(NC(=O)C2(C#N)CCCCC2)n1. The Labute approximate surface area is 107 Å². The molecule has 1 N–H and O–H groups in total. The van der Waals surface area contributed by atoms with Crippen LogP contribution >= 0.6 is 0 Å². The van der Waals surface area contributed by atoms with Crippen LogP contribution in [0.1, 0.15) is 39.0 Å². The summed E-state index contributed by atoms with van der Waals surface area (Å²) in [6, 6.07) is 3.97. The van der Waals surface area contributed by atoms with Crippen molar-refractivity contribution < 1.29 is 4.79 Å². The van der Waals surface area contributed by atoms with E-state index in [9.17, 15) is 10.1 Å². The molecule has 1 aliphatic rings. The maximum absolute atomic E-state index is 12.2. The molecule has 0 bridgehead atoms. The maximum Gasteiger partial charge on any atom is 0.246 e. The van der Waals surface area contributed by atoms with Gasteiger partial charge < -0.3 is 5.32 Å². The fraction of sp³-hybridized carbons (Fsp3) is 0.615. The van der Waals surface area contributed by atoms with Crippen LogP contribution in [0.5, 0.6) is 0 Å². The summed E-state index contributed by atoms with van der Waals surface area (Å²) in [5.41, 5.74) is -0.853. The highest BCUT2D eigenvalue weighted by Gasteiger charge is 2.40. The van der Waals surface area contributed by atoms with Crippen molar-refractivity contribution in [3.05, 3.63) is 12.3 Å². The van der Waals surface area contributed by atoms with E-state index in [0.717, 1.165) is 25.8 Å². The van der Waals surface area contributed by atoms with Crippen LogP contribution in [0.25, 0.3) is 0 Å². The first-order valence-corrected chi connectivity index (χ1v) is 6.46. The lowest BCUT2D eigenvalue weighted by Crippen LogP contribution is -2.36. The number of aryl methyl sites for hydroxylation is 1. The quantitative estimate of drug-likeness (QED) is 0.889. The molecule has 5 heteroatoms. The molecule has 1 heterocycles. The largest absolute Gasteiger partial charge is 0.308 e. The third-order valence-corrected chi connectivity index (χ3v) is 3.56. The standard InChI is InChI=1S/C13H18N4O/c1-2-17-9-6-11(16-17)15-12(18)13(10-14)7-4-3-5-8-13/h6,9H,2-5,7-8H2,1H3,(H,15,16,18). The Morgan fingerprint density at radius 3 is 2.83 bits per heavy atom. The van der Waals surface area contributed by atoms with E-state index in [1.807, 2.05) is 13.1 Å². The van der Waals surface area contributed by atoms with Crippen molar-refractivity contribution in [2.24, 2.45) is 5.41 Å². The van der Waals surface area contributed by atoms with Crippen molar-refractivity contribution >= 4 is 11.7 Å². The first-order chi connectivity index (χ1) is 8.70. The van der Waals surface area contributed by atoms with Gasteiger partial charge in [-0.2, -0.15) is 10.4 Å². The highest BCUT2D eigenvalue weighted by Crippen LogP contribution is 2.36. The molecular formula is C13H18N4O. The maximum atomic E-state index is 12.2. The molecular weight excluding hydrogens is 228 g/mol. The minimum Gasteiger partial charge on any atom is -0.308 e. The predicted octanol–water partition coefficient (Wildman–Crippen LogP) is 2.32. The van der Waals surface area contributed by atoms with Gasteiger partial charge >= 0.3 is 0 Å². The Hall–Kier alpha value is -1.83. The molecule has 0 spiro atoms. The van der Waals surface area contributed by atoms with Crippen molar-refractivity contribution in [3.63, 3.8) is 0 Å². The van der Waals surface area contributed by atoms with Crippen LogP contribution in [0, 0.1) is 16.7 Å². The average Bonchev–Trinajstić information content (AvgIpc) is 2.87. The number of aromatic nitrogens is 2.